The smallest absolute Gasteiger partial charge is 0.252 e. The molecule has 1 saturated carbocycles. The molecule has 1 N–H and O–H groups in total. The van der Waals surface area contributed by atoms with E-state index >= 15 is 0 Å². The maximum atomic E-state index is 12.1. The molecule has 11 nitrogen and oxygen atoms in total. The third-order valence-electron chi connectivity index (χ3n) is 5.83. The first kappa shape index (κ1) is 25.1. The zero-order valence-electron chi connectivity index (χ0n) is 20.9. The summed E-state index contributed by atoms with van der Waals surface area (Å²) in [5.74, 6) is 0.410. The second-order valence-electron chi connectivity index (χ2n) is 9.02. The summed E-state index contributed by atoms with van der Waals surface area (Å²) in [5.41, 5.74) is 4.38. The maximum absolute atomic E-state index is 12.1. The number of methoxy groups -OCH3 is 1. The Balaban J connectivity index is 1.38. The van der Waals surface area contributed by atoms with E-state index in [1.54, 1.807) is 35.1 Å². The summed E-state index contributed by atoms with van der Waals surface area (Å²) in [5, 5.41) is 20.5. The van der Waals surface area contributed by atoms with Crippen LogP contribution in [-0.2, 0) is 27.4 Å². The lowest BCUT2D eigenvalue weighted by Crippen LogP contribution is -2.19. The third-order valence-corrected chi connectivity index (χ3v) is 5.83. The van der Waals surface area contributed by atoms with E-state index in [1.165, 1.54) is 20.0 Å². The van der Waals surface area contributed by atoms with Crippen LogP contribution in [0, 0.1) is 17.2 Å². The number of nitrogens with one attached hydrogen (secondary N) is 1. The first-order valence-corrected chi connectivity index (χ1v) is 12.2. The molecule has 0 atom stereocenters. The first-order chi connectivity index (χ1) is 18.6. The van der Waals surface area contributed by atoms with Gasteiger partial charge in [-0.25, -0.2) is 14.6 Å². The van der Waals surface area contributed by atoms with Gasteiger partial charge in [-0.2, -0.15) is 5.26 Å². The number of pyridine rings is 1. The standard InChI is InChI=1S/C27H26N8O3/c1-37-17-26(36)32-27-30-23(20-5-2-4-19(10-20)12-28)11-24(31-27)25-14-35(34-33-25)13-21-6-3-7-22(29-21)16-38-15-18-8-9-18/h2-7,10-11,14,18H,8-9,13,15-17H2,1H3,(H,30,31,32,36). The zero-order valence-corrected chi connectivity index (χ0v) is 20.9. The molecule has 3 heterocycles. The van der Waals surface area contributed by atoms with Crippen LogP contribution >= 0.6 is 0 Å². The van der Waals surface area contributed by atoms with Crippen LogP contribution in [0.3, 0.4) is 0 Å². The minimum Gasteiger partial charge on any atom is -0.375 e. The lowest BCUT2D eigenvalue weighted by atomic mass is 10.1. The molecule has 0 bridgehead atoms. The number of carbonyl (C=O) groups excluding carboxylic acids is 1. The molecule has 38 heavy (non-hydrogen) atoms. The molecule has 5 rings (SSSR count). The van der Waals surface area contributed by atoms with Gasteiger partial charge in [0.25, 0.3) is 5.91 Å². The van der Waals surface area contributed by atoms with Gasteiger partial charge in [0.1, 0.15) is 12.3 Å². The van der Waals surface area contributed by atoms with Crippen molar-refractivity contribution < 1.29 is 14.3 Å². The molecule has 4 aromatic rings. The molecule has 11 heteroatoms. The number of rotatable bonds is 11. The fraction of sp³-hybridized carbons (Fsp3) is 0.296. The Morgan fingerprint density at radius 3 is 2.71 bits per heavy atom. The van der Waals surface area contributed by atoms with Crippen LogP contribution in [0.1, 0.15) is 29.8 Å². The summed E-state index contributed by atoms with van der Waals surface area (Å²) in [6.45, 7) is 1.55. The molecule has 1 aliphatic carbocycles. The Labute approximate surface area is 219 Å². The Bertz CT molecular complexity index is 1480. The highest BCUT2D eigenvalue weighted by molar-refractivity contribution is 5.90. The van der Waals surface area contributed by atoms with Gasteiger partial charge in [0.15, 0.2) is 0 Å². The molecule has 1 aliphatic rings. The van der Waals surface area contributed by atoms with Crippen molar-refractivity contribution in [3.8, 4) is 28.7 Å². The third kappa shape index (κ3) is 6.61. The van der Waals surface area contributed by atoms with Crippen LogP contribution < -0.4 is 5.32 Å². The lowest BCUT2D eigenvalue weighted by Gasteiger charge is -2.08. The molecular weight excluding hydrogens is 484 g/mol. The van der Waals surface area contributed by atoms with E-state index < -0.39 is 5.91 Å². The summed E-state index contributed by atoms with van der Waals surface area (Å²) in [7, 11) is 1.43. The fourth-order valence-electron chi connectivity index (χ4n) is 3.79. The predicted octanol–water partition coefficient (Wildman–Crippen LogP) is 3.23. The molecular formula is C27H26N8O3. The molecule has 0 aliphatic heterocycles. The molecule has 3 aromatic heterocycles. The van der Waals surface area contributed by atoms with E-state index in [4.69, 9.17) is 9.47 Å². The molecule has 1 aromatic carbocycles. The Morgan fingerprint density at radius 2 is 1.89 bits per heavy atom. The van der Waals surface area contributed by atoms with E-state index in [0.29, 0.717) is 47.3 Å². The monoisotopic (exact) mass is 510 g/mol. The number of aromatic nitrogens is 6. The van der Waals surface area contributed by atoms with Crippen molar-refractivity contribution in [2.75, 3.05) is 25.6 Å². The second kappa shape index (κ2) is 11.7. The van der Waals surface area contributed by atoms with E-state index in [-0.39, 0.29) is 12.6 Å². The quantitative estimate of drug-likeness (QED) is 0.322. The number of carbonyl (C=O) groups is 1. The minimum absolute atomic E-state index is 0.0945. The average Bonchev–Trinajstić information content (AvgIpc) is 3.64. The van der Waals surface area contributed by atoms with E-state index in [2.05, 4.69) is 36.7 Å². The largest absolute Gasteiger partial charge is 0.375 e. The van der Waals surface area contributed by atoms with E-state index in [9.17, 15) is 10.1 Å². The van der Waals surface area contributed by atoms with Gasteiger partial charge in [-0.3, -0.25) is 15.1 Å². The van der Waals surface area contributed by atoms with Gasteiger partial charge in [-0.15, -0.1) is 5.10 Å². The topological polar surface area (TPSA) is 141 Å². The fourth-order valence-corrected chi connectivity index (χ4v) is 3.79. The van der Waals surface area contributed by atoms with Gasteiger partial charge in [-0.05, 0) is 49.1 Å². The van der Waals surface area contributed by atoms with Crippen molar-refractivity contribution in [3.05, 3.63) is 71.7 Å². The number of nitrogens with zero attached hydrogens (tertiary/aromatic N) is 7. The second-order valence-corrected chi connectivity index (χ2v) is 9.02. The number of anilines is 1. The summed E-state index contributed by atoms with van der Waals surface area (Å²) >= 11 is 0. The molecule has 192 valence electrons. The van der Waals surface area contributed by atoms with E-state index in [0.717, 1.165) is 18.0 Å². The van der Waals surface area contributed by atoms with Crippen LogP contribution in [-0.4, -0.2) is 56.2 Å². The zero-order chi connectivity index (χ0) is 26.3. The van der Waals surface area contributed by atoms with Crippen molar-refractivity contribution >= 4 is 11.9 Å². The van der Waals surface area contributed by atoms with Gasteiger partial charge in [0.05, 0.1) is 53.8 Å². The number of hydrogen-bond acceptors (Lipinski definition) is 9. The van der Waals surface area contributed by atoms with Gasteiger partial charge >= 0.3 is 0 Å². The highest BCUT2D eigenvalue weighted by atomic mass is 16.5. The number of hydrogen-bond donors (Lipinski definition) is 1. The average molecular weight is 511 g/mol. The van der Waals surface area contributed by atoms with E-state index in [1.807, 2.05) is 24.3 Å². The number of ether oxygens (including phenoxy) is 2. The minimum atomic E-state index is -0.392. The van der Waals surface area contributed by atoms with Gasteiger partial charge < -0.3 is 9.47 Å². The Kier molecular flexibility index (Phi) is 7.73. The SMILES string of the molecule is COCC(=O)Nc1nc(-c2cccc(C#N)c2)cc(-c2cn(Cc3cccc(COCC4CC4)n3)nn2)n1. The predicted molar refractivity (Wildman–Crippen MR) is 137 cm³/mol. The molecule has 0 unspecified atom stereocenters. The van der Waals surface area contributed by atoms with Crippen molar-refractivity contribution in [1.82, 2.24) is 29.9 Å². The van der Waals surface area contributed by atoms with Gasteiger partial charge in [0, 0.05) is 19.3 Å². The van der Waals surface area contributed by atoms with Crippen LogP contribution in [0.5, 0.6) is 0 Å². The lowest BCUT2D eigenvalue weighted by molar-refractivity contribution is -0.119. The Morgan fingerprint density at radius 1 is 1.08 bits per heavy atom. The van der Waals surface area contributed by atoms with Gasteiger partial charge in [0.2, 0.25) is 5.95 Å². The maximum Gasteiger partial charge on any atom is 0.252 e. The number of nitriles is 1. The summed E-state index contributed by atoms with van der Waals surface area (Å²) in [6, 6.07) is 16.7. The number of amides is 1. The summed E-state index contributed by atoms with van der Waals surface area (Å²) in [6.07, 6.45) is 4.27. The van der Waals surface area contributed by atoms with Crippen LogP contribution in [0.25, 0.3) is 22.6 Å². The van der Waals surface area contributed by atoms with Crippen LogP contribution in [0.15, 0.2) is 54.7 Å². The van der Waals surface area contributed by atoms with Crippen molar-refractivity contribution in [1.29, 1.82) is 5.26 Å². The molecule has 1 amide bonds. The molecule has 0 spiro atoms. The first-order valence-electron chi connectivity index (χ1n) is 12.2. The molecule has 0 radical (unpaired) electrons. The molecule has 1 fully saturated rings. The number of benzene rings is 1. The van der Waals surface area contributed by atoms with Crippen molar-refractivity contribution in [2.24, 2.45) is 5.92 Å². The van der Waals surface area contributed by atoms with Crippen LogP contribution in [0.4, 0.5) is 5.95 Å². The van der Waals surface area contributed by atoms with Crippen molar-refractivity contribution in [2.45, 2.75) is 26.0 Å². The van der Waals surface area contributed by atoms with Crippen LogP contribution in [0.2, 0.25) is 0 Å². The highest BCUT2D eigenvalue weighted by Crippen LogP contribution is 2.29. The summed E-state index contributed by atoms with van der Waals surface area (Å²) in [4.78, 5) is 25.8. The van der Waals surface area contributed by atoms with Crippen molar-refractivity contribution in [3.63, 3.8) is 0 Å². The summed E-state index contributed by atoms with van der Waals surface area (Å²) < 4.78 is 12.3. The van der Waals surface area contributed by atoms with Gasteiger partial charge in [-0.1, -0.05) is 23.4 Å². The highest BCUT2D eigenvalue weighted by Gasteiger charge is 2.21. The normalized spacial score (nSPS) is 12.7. The molecule has 0 saturated heterocycles. The Hall–Kier alpha value is -4.53.